The number of hydrogen-bond donors (Lipinski definition) is 2. The predicted octanol–water partition coefficient (Wildman–Crippen LogP) is 5.05. The summed E-state index contributed by atoms with van der Waals surface area (Å²) in [5.41, 5.74) is 2.61. The summed E-state index contributed by atoms with van der Waals surface area (Å²) in [7, 11) is 0. The summed E-state index contributed by atoms with van der Waals surface area (Å²) in [5.74, 6) is -0.956. The summed E-state index contributed by atoms with van der Waals surface area (Å²) >= 11 is 13.1. The van der Waals surface area contributed by atoms with Crippen LogP contribution in [0.2, 0.25) is 10.0 Å². The van der Waals surface area contributed by atoms with E-state index in [1.54, 1.807) is 24.3 Å². The number of halogens is 2. The van der Waals surface area contributed by atoms with Crippen molar-refractivity contribution in [3.8, 4) is 11.1 Å². The summed E-state index contributed by atoms with van der Waals surface area (Å²) < 4.78 is 0. The monoisotopic (exact) mass is 461 g/mol. The minimum absolute atomic E-state index is 0.137. The first-order valence-corrected chi connectivity index (χ1v) is 11.4. The predicted molar refractivity (Wildman–Crippen MR) is 121 cm³/mol. The summed E-state index contributed by atoms with van der Waals surface area (Å²) in [4.78, 5) is 26.0. The highest BCUT2D eigenvalue weighted by molar-refractivity contribution is 6.36. The number of rotatable bonds is 5. The summed E-state index contributed by atoms with van der Waals surface area (Å²) in [5, 5.41) is 19.8. The van der Waals surface area contributed by atoms with Gasteiger partial charge in [0.15, 0.2) is 0 Å². The molecule has 7 heteroatoms. The Kier molecular flexibility index (Phi) is 6.56. The standard InChI is InChI=1S/C24H25Cl2NO4/c25-21-12-17(14-1-3-15(4-2-14)24(30)31)13-22(26)20(21)11-16-9-10-27(23(16)29)18-5-7-19(28)8-6-18/h1-4,12-13,16,18-19,28H,5-11H2,(H,30,31)/t16-,18?,19?/m0/s1. The fraction of sp³-hybridized carbons (Fsp3) is 0.417. The van der Waals surface area contributed by atoms with Crippen LogP contribution in [-0.2, 0) is 11.2 Å². The number of carbonyl (C=O) groups is 2. The number of carboxylic acids is 1. The topological polar surface area (TPSA) is 77.8 Å². The highest BCUT2D eigenvalue weighted by atomic mass is 35.5. The van der Waals surface area contributed by atoms with Crippen molar-refractivity contribution in [2.45, 2.75) is 50.7 Å². The molecule has 2 aromatic rings. The van der Waals surface area contributed by atoms with Crippen molar-refractivity contribution in [2.75, 3.05) is 6.54 Å². The molecule has 0 unspecified atom stereocenters. The summed E-state index contributed by atoms with van der Waals surface area (Å²) in [6.07, 6.45) is 4.27. The van der Waals surface area contributed by atoms with E-state index in [4.69, 9.17) is 28.3 Å². The lowest BCUT2D eigenvalue weighted by Crippen LogP contribution is -2.41. The average Bonchev–Trinajstić information content (AvgIpc) is 3.11. The number of nitrogens with zero attached hydrogens (tertiary/aromatic N) is 1. The molecule has 5 nitrogen and oxygen atoms in total. The highest BCUT2D eigenvalue weighted by Crippen LogP contribution is 2.36. The van der Waals surface area contributed by atoms with Crippen LogP contribution in [0.5, 0.6) is 0 Å². The van der Waals surface area contributed by atoms with Crippen LogP contribution in [0, 0.1) is 5.92 Å². The quantitative estimate of drug-likeness (QED) is 0.652. The van der Waals surface area contributed by atoms with Crippen LogP contribution >= 0.6 is 23.2 Å². The third-order valence-electron chi connectivity index (χ3n) is 6.51. The fourth-order valence-corrected chi connectivity index (χ4v) is 5.34. The number of aromatic carboxylic acids is 1. The maximum atomic E-state index is 13.0. The Bertz CT molecular complexity index is 961. The van der Waals surface area contributed by atoms with E-state index in [9.17, 15) is 14.7 Å². The SMILES string of the molecule is O=C(O)c1ccc(-c2cc(Cl)c(C[C@@H]3CCN(C4CCC(O)CC4)C3=O)c(Cl)c2)cc1. The molecule has 0 spiro atoms. The van der Waals surface area contributed by atoms with Gasteiger partial charge in [-0.15, -0.1) is 0 Å². The van der Waals surface area contributed by atoms with Gasteiger partial charge in [-0.05, 0) is 79.5 Å². The Morgan fingerprint density at radius 2 is 1.58 bits per heavy atom. The van der Waals surface area contributed by atoms with Crippen LogP contribution in [0.1, 0.15) is 48.0 Å². The van der Waals surface area contributed by atoms with Crippen molar-refractivity contribution < 1.29 is 19.8 Å². The molecule has 0 radical (unpaired) electrons. The van der Waals surface area contributed by atoms with E-state index < -0.39 is 5.97 Å². The van der Waals surface area contributed by atoms with E-state index in [2.05, 4.69) is 0 Å². The van der Waals surface area contributed by atoms with Gasteiger partial charge < -0.3 is 15.1 Å². The first-order valence-electron chi connectivity index (χ1n) is 10.6. The molecular weight excluding hydrogens is 437 g/mol. The summed E-state index contributed by atoms with van der Waals surface area (Å²) in [6, 6.07) is 10.4. The van der Waals surface area contributed by atoms with Crippen LogP contribution in [0.4, 0.5) is 0 Å². The minimum atomic E-state index is -0.974. The summed E-state index contributed by atoms with van der Waals surface area (Å²) in [6.45, 7) is 0.744. The fourth-order valence-electron chi connectivity index (χ4n) is 4.70. The molecular formula is C24H25Cl2NO4. The van der Waals surface area contributed by atoms with Gasteiger partial charge >= 0.3 is 5.97 Å². The maximum absolute atomic E-state index is 13.0. The zero-order valence-corrected chi connectivity index (χ0v) is 18.6. The van der Waals surface area contributed by atoms with Crippen LogP contribution < -0.4 is 0 Å². The van der Waals surface area contributed by atoms with Gasteiger partial charge in [0.2, 0.25) is 5.91 Å². The molecule has 31 heavy (non-hydrogen) atoms. The van der Waals surface area contributed by atoms with Gasteiger partial charge in [-0.1, -0.05) is 35.3 Å². The molecule has 1 aliphatic carbocycles. The third-order valence-corrected chi connectivity index (χ3v) is 7.19. The number of benzene rings is 2. The Morgan fingerprint density at radius 3 is 2.16 bits per heavy atom. The molecule has 0 bridgehead atoms. The zero-order chi connectivity index (χ0) is 22.1. The number of carbonyl (C=O) groups excluding carboxylic acids is 1. The van der Waals surface area contributed by atoms with Crippen LogP contribution in [0.25, 0.3) is 11.1 Å². The number of carboxylic acid groups (broad SMARTS) is 1. The number of aliphatic hydroxyl groups excluding tert-OH is 1. The van der Waals surface area contributed by atoms with E-state index >= 15 is 0 Å². The zero-order valence-electron chi connectivity index (χ0n) is 17.1. The van der Waals surface area contributed by atoms with Gasteiger partial charge in [-0.3, -0.25) is 4.79 Å². The second kappa shape index (κ2) is 9.19. The molecule has 0 aromatic heterocycles. The number of hydrogen-bond acceptors (Lipinski definition) is 3. The van der Waals surface area contributed by atoms with Crippen molar-refractivity contribution in [3.05, 3.63) is 57.6 Å². The van der Waals surface area contributed by atoms with Crippen LogP contribution in [0.15, 0.2) is 36.4 Å². The van der Waals surface area contributed by atoms with Gasteiger partial charge in [0.05, 0.1) is 11.7 Å². The van der Waals surface area contributed by atoms with E-state index in [-0.39, 0.29) is 29.5 Å². The number of aliphatic hydroxyl groups is 1. The molecule has 2 aliphatic rings. The largest absolute Gasteiger partial charge is 0.478 e. The highest BCUT2D eigenvalue weighted by Gasteiger charge is 2.37. The van der Waals surface area contributed by atoms with Crippen LogP contribution in [-0.4, -0.2) is 45.7 Å². The van der Waals surface area contributed by atoms with E-state index in [1.165, 1.54) is 0 Å². The number of amides is 1. The van der Waals surface area contributed by atoms with Crippen molar-refractivity contribution in [1.82, 2.24) is 4.90 Å². The van der Waals surface area contributed by atoms with Gasteiger partial charge in [-0.2, -0.15) is 0 Å². The lowest BCUT2D eigenvalue weighted by Gasteiger charge is -2.33. The molecule has 2 N–H and O–H groups in total. The molecule has 1 heterocycles. The van der Waals surface area contributed by atoms with Gasteiger partial charge in [-0.25, -0.2) is 4.79 Å². The van der Waals surface area contributed by atoms with Gasteiger partial charge in [0, 0.05) is 28.5 Å². The smallest absolute Gasteiger partial charge is 0.335 e. The molecule has 1 aliphatic heterocycles. The Hall–Kier alpha value is -2.08. The first kappa shape index (κ1) is 22.1. The van der Waals surface area contributed by atoms with Crippen molar-refractivity contribution in [3.63, 3.8) is 0 Å². The van der Waals surface area contributed by atoms with Crippen molar-refractivity contribution in [2.24, 2.45) is 5.92 Å². The second-order valence-electron chi connectivity index (χ2n) is 8.48. The molecule has 164 valence electrons. The van der Waals surface area contributed by atoms with Gasteiger partial charge in [0.1, 0.15) is 0 Å². The molecule has 1 amide bonds. The molecule has 2 fully saturated rings. The first-order chi connectivity index (χ1) is 14.8. The van der Waals surface area contributed by atoms with E-state index in [0.29, 0.717) is 16.5 Å². The normalized spacial score (nSPS) is 23.9. The average molecular weight is 462 g/mol. The van der Waals surface area contributed by atoms with E-state index in [1.807, 2.05) is 17.0 Å². The molecule has 1 saturated carbocycles. The minimum Gasteiger partial charge on any atom is -0.478 e. The third kappa shape index (κ3) is 4.74. The molecule has 2 aromatic carbocycles. The number of likely N-dealkylation sites (tertiary alicyclic amines) is 1. The Morgan fingerprint density at radius 1 is 0.968 bits per heavy atom. The molecule has 4 rings (SSSR count). The maximum Gasteiger partial charge on any atom is 0.335 e. The van der Waals surface area contributed by atoms with Gasteiger partial charge in [0.25, 0.3) is 0 Å². The second-order valence-corrected chi connectivity index (χ2v) is 9.30. The van der Waals surface area contributed by atoms with Crippen LogP contribution in [0.3, 0.4) is 0 Å². The van der Waals surface area contributed by atoms with E-state index in [0.717, 1.165) is 55.3 Å². The van der Waals surface area contributed by atoms with Crippen molar-refractivity contribution >= 4 is 35.1 Å². The molecule has 1 saturated heterocycles. The lowest BCUT2D eigenvalue weighted by atomic mass is 9.92. The lowest BCUT2D eigenvalue weighted by molar-refractivity contribution is -0.133. The molecule has 1 atom stereocenters. The Balaban J connectivity index is 1.48. The van der Waals surface area contributed by atoms with Crippen molar-refractivity contribution in [1.29, 1.82) is 0 Å². The Labute approximate surface area is 191 Å².